The normalized spacial score (nSPS) is 11.6. The summed E-state index contributed by atoms with van der Waals surface area (Å²) in [6.45, 7) is 3.20. The van der Waals surface area contributed by atoms with E-state index in [1.807, 2.05) is 37.3 Å². The van der Waals surface area contributed by atoms with Crippen LogP contribution in [0, 0.1) is 0 Å². The number of aromatic nitrogens is 1. The van der Waals surface area contributed by atoms with Crippen molar-refractivity contribution in [2.75, 3.05) is 32.7 Å². The molecule has 1 aromatic carbocycles. The predicted molar refractivity (Wildman–Crippen MR) is 97.9 cm³/mol. The van der Waals surface area contributed by atoms with E-state index in [0.29, 0.717) is 24.6 Å². The van der Waals surface area contributed by atoms with Gasteiger partial charge in [-0.25, -0.2) is 4.79 Å². The highest BCUT2D eigenvalue weighted by Gasteiger charge is 2.21. The van der Waals surface area contributed by atoms with Crippen molar-refractivity contribution in [3.63, 3.8) is 0 Å². The van der Waals surface area contributed by atoms with E-state index in [9.17, 15) is 4.79 Å². The molecule has 6 heteroatoms. The Hall–Kier alpha value is -2.60. The molecule has 25 heavy (non-hydrogen) atoms. The second-order valence-corrected chi connectivity index (χ2v) is 5.66. The van der Waals surface area contributed by atoms with Crippen LogP contribution in [0.4, 0.5) is 10.5 Å². The molecule has 1 heterocycles. The molecule has 0 saturated carbocycles. The van der Waals surface area contributed by atoms with Crippen molar-refractivity contribution in [2.45, 2.75) is 19.4 Å². The summed E-state index contributed by atoms with van der Waals surface area (Å²) in [7, 11) is 3.26. The summed E-state index contributed by atoms with van der Waals surface area (Å²) in [6.07, 6.45) is 4.23. The van der Waals surface area contributed by atoms with Crippen LogP contribution in [0.3, 0.4) is 0 Å². The number of hydrogen-bond donors (Lipinski definition) is 1. The number of carbonyl (C=O) groups is 1. The fourth-order valence-corrected chi connectivity index (χ4v) is 2.57. The van der Waals surface area contributed by atoms with Crippen molar-refractivity contribution in [3.05, 3.63) is 54.4 Å². The first-order valence-corrected chi connectivity index (χ1v) is 8.26. The summed E-state index contributed by atoms with van der Waals surface area (Å²) in [4.78, 5) is 18.7. The summed E-state index contributed by atoms with van der Waals surface area (Å²) in [5, 5.41) is 2.94. The average Bonchev–Trinajstić information content (AvgIpc) is 2.65. The fraction of sp³-hybridized carbons (Fsp3) is 0.368. The zero-order chi connectivity index (χ0) is 18.1. The number of anilines is 1. The molecule has 2 amide bonds. The molecule has 0 aliphatic carbocycles. The lowest BCUT2D eigenvalue weighted by molar-refractivity contribution is 0.161. The minimum absolute atomic E-state index is 0.0783. The van der Waals surface area contributed by atoms with E-state index in [1.165, 1.54) is 0 Å². The first-order valence-electron chi connectivity index (χ1n) is 8.26. The Kier molecular flexibility index (Phi) is 7.22. The van der Waals surface area contributed by atoms with Crippen molar-refractivity contribution in [1.29, 1.82) is 0 Å². The van der Waals surface area contributed by atoms with Crippen LogP contribution >= 0.6 is 0 Å². The minimum atomic E-state index is -0.159. The van der Waals surface area contributed by atoms with Gasteiger partial charge in [-0.1, -0.05) is 6.07 Å². The number of benzene rings is 1. The molecule has 0 spiro atoms. The van der Waals surface area contributed by atoms with Gasteiger partial charge in [0.1, 0.15) is 5.75 Å². The number of nitrogens with zero attached hydrogens (tertiary/aromatic N) is 2. The first-order chi connectivity index (χ1) is 12.2. The Bertz CT molecular complexity index is 664. The maximum Gasteiger partial charge on any atom is 0.322 e. The molecule has 0 aliphatic rings. The van der Waals surface area contributed by atoms with E-state index in [-0.39, 0.29) is 12.1 Å². The van der Waals surface area contributed by atoms with Crippen LogP contribution < -0.4 is 10.1 Å². The first kappa shape index (κ1) is 18.7. The predicted octanol–water partition coefficient (Wildman–Crippen LogP) is 3.72. The molecule has 6 nitrogen and oxygen atoms in total. The highest BCUT2D eigenvalue weighted by molar-refractivity contribution is 5.89. The van der Waals surface area contributed by atoms with E-state index in [4.69, 9.17) is 9.47 Å². The third-order valence-corrected chi connectivity index (χ3v) is 3.99. The number of nitrogens with one attached hydrogen (secondary N) is 1. The van der Waals surface area contributed by atoms with Gasteiger partial charge in [0.2, 0.25) is 0 Å². The van der Waals surface area contributed by atoms with Crippen LogP contribution in [-0.4, -0.2) is 43.3 Å². The summed E-state index contributed by atoms with van der Waals surface area (Å²) < 4.78 is 10.3. The second kappa shape index (κ2) is 9.64. The molecular formula is C19H25N3O3. The molecule has 2 aromatic rings. The lowest BCUT2D eigenvalue weighted by Gasteiger charge is -2.29. The van der Waals surface area contributed by atoms with Gasteiger partial charge in [-0.05, 0) is 43.2 Å². The van der Waals surface area contributed by atoms with E-state index >= 15 is 0 Å². The van der Waals surface area contributed by atoms with Gasteiger partial charge in [0.05, 0.1) is 13.2 Å². The van der Waals surface area contributed by atoms with E-state index in [1.54, 1.807) is 37.6 Å². The number of amides is 2. The standard InChI is InChI=1S/C19H25N3O3/c1-15(16-8-10-20-11-9-16)22(12-5-13-24-2)19(23)21-17-6-4-7-18(14-17)25-3/h4,6-11,14-15H,5,12-13H2,1-3H3,(H,21,23). The third kappa shape index (κ3) is 5.46. The number of hydrogen-bond acceptors (Lipinski definition) is 4. The molecule has 0 bridgehead atoms. The number of methoxy groups -OCH3 is 2. The molecule has 1 atom stereocenters. The third-order valence-electron chi connectivity index (χ3n) is 3.99. The van der Waals surface area contributed by atoms with Gasteiger partial charge in [0, 0.05) is 44.4 Å². The SMILES string of the molecule is COCCCN(C(=O)Nc1cccc(OC)c1)C(C)c1ccncc1. The van der Waals surface area contributed by atoms with Crippen LogP contribution in [0.2, 0.25) is 0 Å². The van der Waals surface area contributed by atoms with Crippen molar-refractivity contribution in [1.82, 2.24) is 9.88 Å². The van der Waals surface area contributed by atoms with Crippen LogP contribution in [0.15, 0.2) is 48.8 Å². The maximum absolute atomic E-state index is 12.8. The Morgan fingerprint density at radius 2 is 2.00 bits per heavy atom. The van der Waals surface area contributed by atoms with Crippen molar-refractivity contribution < 1.29 is 14.3 Å². The summed E-state index contributed by atoms with van der Waals surface area (Å²) in [6, 6.07) is 10.9. The number of ether oxygens (including phenoxy) is 2. The van der Waals surface area contributed by atoms with Gasteiger partial charge < -0.3 is 19.7 Å². The monoisotopic (exact) mass is 343 g/mol. The molecule has 0 saturated heterocycles. The second-order valence-electron chi connectivity index (χ2n) is 5.66. The zero-order valence-corrected chi connectivity index (χ0v) is 14.9. The van der Waals surface area contributed by atoms with Crippen LogP contribution in [0.5, 0.6) is 5.75 Å². The molecular weight excluding hydrogens is 318 g/mol. The molecule has 2 rings (SSSR count). The van der Waals surface area contributed by atoms with E-state index in [2.05, 4.69) is 10.3 Å². The Morgan fingerprint density at radius 3 is 2.68 bits per heavy atom. The summed E-state index contributed by atoms with van der Waals surface area (Å²) in [5.41, 5.74) is 1.73. The lowest BCUT2D eigenvalue weighted by atomic mass is 10.1. The largest absolute Gasteiger partial charge is 0.497 e. The molecule has 0 fully saturated rings. The highest BCUT2D eigenvalue weighted by atomic mass is 16.5. The van der Waals surface area contributed by atoms with Gasteiger partial charge in [-0.15, -0.1) is 0 Å². The van der Waals surface area contributed by atoms with Gasteiger partial charge in [-0.2, -0.15) is 0 Å². The summed E-state index contributed by atoms with van der Waals surface area (Å²) >= 11 is 0. The Morgan fingerprint density at radius 1 is 1.24 bits per heavy atom. The molecule has 1 aromatic heterocycles. The van der Waals surface area contributed by atoms with Crippen LogP contribution in [0.1, 0.15) is 24.9 Å². The van der Waals surface area contributed by atoms with E-state index in [0.717, 1.165) is 12.0 Å². The number of rotatable bonds is 8. The van der Waals surface area contributed by atoms with Gasteiger partial charge >= 0.3 is 6.03 Å². The topological polar surface area (TPSA) is 63.7 Å². The molecule has 1 unspecified atom stereocenters. The van der Waals surface area contributed by atoms with Crippen molar-refractivity contribution >= 4 is 11.7 Å². The Labute approximate surface area is 148 Å². The van der Waals surface area contributed by atoms with Crippen LogP contribution in [0.25, 0.3) is 0 Å². The zero-order valence-electron chi connectivity index (χ0n) is 14.9. The van der Waals surface area contributed by atoms with Crippen molar-refractivity contribution in [2.24, 2.45) is 0 Å². The van der Waals surface area contributed by atoms with Crippen molar-refractivity contribution in [3.8, 4) is 5.75 Å². The van der Waals surface area contributed by atoms with Gasteiger partial charge in [0.15, 0.2) is 0 Å². The smallest absolute Gasteiger partial charge is 0.322 e. The average molecular weight is 343 g/mol. The van der Waals surface area contributed by atoms with Crippen LogP contribution in [-0.2, 0) is 4.74 Å². The summed E-state index contributed by atoms with van der Waals surface area (Å²) in [5.74, 6) is 0.700. The molecule has 0 radical (unpaired) electrons. The van der Waals surface area contributed by atoms with Gasteiger partial charge in [0.25, 0.3) is 0 Å². The molecule has 0 aliphatic heterocycles. The lowest BCUT2D eigenvalue weighted by Crippen LogP contribution is -2.38. The van der Waals surface area contributed by atoms with Gasteiger partial charge in [-0.3, -0.25) is 4.98 Å². The number of carbonyl (C=O) groups excluding carboxylic acids is 1. The Balaban J connectivity index is 2.14. The molecule has 134 valence electrons. The van der Waals surface area contributed by atoms with E-state index < -0.39 is 0 Å². The fourth-order valence-electron chi connectivity index (χ4n) is 2.57. The molecule has 1 N–H and O–H groups in total. The number of pyridine rings is 1. The number of urea groups is 1. The highest BCUT2D eigenvalue weighted by Crippen LogP contribution is 2.22. The minimum Gasteiger partial charge on any atom is -0.497 e. The quantitative estimate of drug-likeness (QED) is 0.742. The maximum atomic E-state index is 12.8.